The van der Waals surface area contributed by atoms with E-state index in [1.165, 1.54) is 0 Å². The van der Waals surface area contributed by atoms with Gasteiger partial charge in [-0.2, -0.15) is 5.10 Å². The second kappa shape index (κ2) is 7.12. The Labute approximate surface area is 145 Å². The van der Waals surface area contributed by atoms with Crippen LogP contribution in [0.2, 0.25) is 0 Å². The fourth-order valence-corrected chi connectivity index (χ4v) is 2.52. The molecule has 1 aromatic carbocycles. The molecule has 1 unspecified atom stereocenters. The molecule has 0 bridgehead atoms. The monoisotopic (exact) mass is 336 g/mol. The third-order valence-electron chi connectivity index (χ3n) is 3.90. The van der Waals surface area contributed by atoms with E-state index in [1.54, 1.807) is 12.4 Å². The summed E-state index contributed by atoms with van der Waals surface area (Å²) in [5, 5.41) is 12.8. The lowest BCUT2D eigenvalue weighted by Crippen LogP contribution is -2.32. The van der Waals surface area contributed by atoms with Gasteiger partial charge in [-0.05, 0) is 44.0 Å². The van der Waals surface area contributed by atoms with Gasteiger partial charge in [-0.1, -0.05) is 18.2 Å². The molecular weight excluding hydrogens is 316 g/mol. The molecule has 3 rings (SSSR count). The lowest BCUT2D eigenvalue weighted by atomic mass is 10.1. The van der Waals surface area contributed by atoms with Crippen LogP contribution in [-0.2, 0) is 0 Å². The Hall–Kier alpha value is -3.22. The minimum Gasteiger partial charge on any atom is -0.328 e. The summed E-state index contributed by atoms with van der Waals surface area (Å²) < 4.78 is 0. The van der Waals surface area contributed by atoms with E-state index >= 15 is 0 Å². The van der Waals surface area contributed by atoms with E-state index in [2.05, 4.69) is 30.8 Å². The Morgan fingerprint density at radius 1 is 1.16 bits per heavy atom. The number of carbonyl (C=O) groups excluding carboxylic acids is 1. The van der Waals surface area contributed by atoms with Gasteiger partial charge in [0.1, 0.15) is 5.82 Å². The first kappa shape index (κ1) is 16.6. The SMILES string of the molecule is Cc1cccc(C)c1NC(=O)NC(C)c1nc(-c2cccnc2)n[nH]1. The van der Waals surface area contributed by atoms with Crippen LogP contribution in [0.1, 0.15) is 29.9 Å². The van der Waals surface area contributed by atoms with Crippen LogP contribution in [0.4, 0.5) is 10.5 Å². The Kier molecular flexibility index (Phi) is 4.74. The number of para-hydroxylation sites is 1. The molecule has 0 spiro atoms. The summed E-state index contributed by atoms with van der Waals surface area (Å²) in [5.74, 6) is 1.13. The number of urea groups is 1. The van der Waals surface area contributed by atoms with E-state index in [0.29, 0.717) is 11.6 Å². The number of rotatable bonds is 4. The molecule has 0 aliphatic carbocycles. The predicted octanol–water partition coefficient (Wildman–Crippen LogP) is 3.37. The van der Waals surface area contributed by atoms with Crippen molar-refractivity contribution in [3.8, 4) is 11.4 Å². The Morgan fingerprint density at radius 3 is 2.60 bits per heavy atom. The van der Waals surface area contributed by atoms with Crippen molar-refractivity contribution in [2.75, 3.05) is 5.32 Å². The van der Waals surface area contributed by atoms with Gasteiger partial charge in [0, 0.05) is 23.6 Å². The summed E-state index contributed by atoms with van der Waals surface area (Å²) in [6.07, 6.45) is 3.39. The topological polar surface area (TPSA) is 95.6 Å². The summed E-state index contributed by atoms with van der Waals surface area (Å²) in [4.78, 5) is 20.8. The van der Waals surface area contributed by atoms with Gasteiger partial charge in [-0.15, -0.1) is 0 Å². The summed E-state index contributed by atoms with van der Waals surface area (Å²) in [6.45, 7) is 5.77. The fourth-order valence-electron chi connectivity index (χ4n) is 2.52. The van der Waals surface area contributed by atoms with Crippen LogP contribution < -0.4 is 10.6 Å². The largest absolute Gasteiger partial charge is 0.328 e. The van der Waals surface area contributed by atoms with Crippen molar-refractivity contribution < 1.29 is 4.79 Å². The standard InChI is InChI=1S/C18H20N6O/c1-11-6-4-7-12(2)15(11)21-18(25)20-13(3)16-22-17(24-23-16)14-8-5-9-19-10-14/h4-10,13H,1-3H3,(H2,20,21,25)(H,22,23,24). The molecule has 7 nitrogen and oxygen atoms in total. The first-order valence-electron chi connectivity index (χ1n) is 8.01. The van der Waals surface area contributed by atoms with Crippen LogP contribution in [0.15, 0.2) is 42.7 Å². The zero-order valence-electron chi connectivity index (χ0n) is 14.4. The lowest BCUT2D eigenvalue weighted by molar-refractivity contribution is 0.249. The number of nitrogens with one attached hydrogen (secondary N) is 3. The number of pyridine rings is 1. The third kappa shape index (κ3) is 3.82. The van der Waals surface area contributed by atoms with Gasteiger partial charge in [0.25, 0.3) is 0 Å². The number of aromatic amines is 1. The van der Waals surface area contributed by atoms with Crippen molar-refractivity contribution in [1.29, 1.82) is 0 Å². The number of aryl methyl sites for hydroxylation is 2. The molecule has 3 aromatic rings. The maximum absolute atomic E-state index is 12.3. The molecule has 0 saturated heterocycles. The van der Waals surface area contributed by atoms with Gasteiger partial charge >= 0.3 is 6.03 Å². The molecule has 7 heteroatoms. The van der Waals surface area contributed by atoms with Crippen molar-refractivity contribution in [2.45, 2.75) is 26.8 Å². The molecule has 0 radical (unpaired) electrons. The molecule has 2 aromatic heterocycles. The van der Waals surface area contributed by atoms with E-state index in [1.807, 2.05) is 51.1 Å². The molecule has 25 heavy (non-hydrogen) atoms. The number of hydrogen-bond donors (Lipinski definition) is 3. The highest BCUT2D eigenvalue weighted by atomic mass is 16.2. The molecule has 0 aliphatic rings. The normalized spacial score (nSPS) is 11.8. The van der Waals surface area contributed by atoms with Crippen LogP contribution >= 0.6 is 0 Å². The number of aromatic nitrogens is 4. The first-order chi connectivity index (χ1) is 12.0. The summed E-state index contributed by atoms with van der Waals surface area (Å²) >= 11 is 0. The van der Waals surface area contributed by atoms with Gasteiger partial charge in [0.2, 0.25) is 0 Å². The highest BCUT2D eigenvalue weighted by Crippen LogP contribution is 2.20. The molecule has 0 aliphatic heterocycles. The number of nitrogens with zero attached hydrogens (tertiary/aromatic N) is 3. The average molecular weight is 336 g/mol. The highest BCUT2D eigenvalue weighted by Gasteiger charge is 2.15. The minimum absolute atomic E-state index is 0.288. The number of H-pyrrole nitrogens is 1. The van der Waals surface area contributed by atoms with Gasteiger partial charge in [0.15, 0.2) is 5.82 Å². The first-order valence-corrected chi connectivity index (χ1v) is 8.01. The lowest BCUT2D eigenvalue weighted by Gasteiger charge is -2.15. The van der Waals surface area contributed by atoms with Crippen LogP contribution in [0.3, 0.4) is 0 Å². The second-order valence-corrected chi connectivity index (χ2v) is 5.87. The van der Waals surface area contributed by atoms with Crippen molar-refractivity contribution >= 4 is 11.7 Å². The maximum Gasteiger partial charge on any atom is 0.319 e. The molecule has 0 saturated carbocycles. The zero-order chi connectivity index (χ0) is 17.8. The molecule has 0 fully saturated rings. The number of benzene rings is 1. The Morgan fingerprint density at radius 2 is 1.92 bits per heavy atom. The van der Waals surface area contributed by atoms with Crippen LogP contribution in [0.5, 0.6) is 0 Å². The third-order valence-corrected chi connectivity index (χ3v) is 3.90. The Balaban J connectivity index is 1.67. The molecule has 2 amide bonds. The summed E-state index contributed by atoms with van der Waals surface area (Å²) in [5.41, 5.74) is 3.67. The summed E-state index contributed by atoms with van der Waals surface area (Å²) in [7, 11) is 0. The maximum atomic E-state index is 12.3. The molecular formula is C18H20N6O. The van der Waals surface area contributed by atoms with Gasteiger partial charge in [-0.25, -0.2) is 9.78 Å². The van der Waals surface area contributed by atoms with E-state index < -0.39 is 0 Å². The fraction of sp³-hybridized carbons (Fsp3) is 0.222. The van der Waals surface area contributed by atoms with Crippen LogP contribution in [-0.4, -0.2) is 26.2 Å². The van der Waals surface area contributed by atoms with Crippen molar-refractivity contribution in [2.24, 2.45) is 0 Å². The van der Waals surface area contributed by atoms with E-state index in [0.717, 1.165) is 22.4 Å². The quantitative estimate of drug-likeness (QED) is 0.680. The predicted molar refractivity (Wildman–Crippen MR) is 96.1 cm³/mol. The molecule has 1 atom stereocenters. The highest BCUT2D eigenvalue weighted by molar-refractivity contribution is 5.91. The smallest absolute Gasteiger partial charge is 0.319 e. The van der Waals surface area contributed by atoms with E-state index in [4.69, 9.17) is 0 Å². The van der Waals surface area contributed by atoms with Crippen LogP contribution in [0, 0.1) is 13.8 Å². The van der Waals surface area contributed by atoms with Gasteiger partial charge in [0.05, 0.1) is 6.04 Å². The second-order valence-electron chi connectivity index (χ2n) is 5.87. The summed E-state index contributed by atoms with van der Waals surface area (Å²) in [6, 6.07) is 8.99. The molecule has 3 N–H and O–H groups in total. The number of anilines is 1. The zero-order valence-corrected chi connectivity index (χ0v) is 14.4. The Bertz CT molecular complexity index is 854. The van der Waals surface area contributed by atoms with Gasteiger partial charge < -0.3 is 10.6 Å². The number of hydrogen-bond acceptors (Lipinski definition) is 4. The number of amides is 2. The van der Waals surface area contributed by atoms with E-state index in [9.17, 15) is 4.79 Å². The van der Waals surface area contributed by atoms with Crippen molar-refractivity contribution in [3.63, 3.8) is 0 Å². The average Bonchev–Trinajstić information content (AvgIpc) is 3.09. The van der Waals surface area contributed by atoms with Crippen LogP contribution in [0.25, 0.3) is 11.4 Å². The van der Waals surface area contributed by atoms with Gasteiger partial charge in [-0.3, -0.25) is 10.1 Å². The van der Waals surface area contributed by atoms with Crippen molar-refractivity contribution in [3.05, 3.63) is 59.7 Å². The van der Waals surface area contributed by atoms with Crippen molar-refractivity contribution in [1.82, 2.24) is 25.5 Å². The van der Waals surface area contributed by atoms with E-state index in [-0.39, 0.29) is 12.1 Å². The minimum atomic E-state index is -0.317. The molecule has 2 heterocycles. The molecule has 128 valence electrons. The number of carbonyl (C=O) groups is 1.